The molecule has 0 aliphatic heterocycles. The molecule has 1 aromatic carbocycles. The van der Waals surface area contributed by atoms with Gasteiger partial charge in [-0.1, -0.05) is 17.1 Å². The lowest BCUT2D eigenvalue weighted by Crippen LogP contribution is -2.68. The number of rotatable bonds is 1. The Morgan fingerprint density at radius 2 is 1.73 bits per heavy atom. The van der Waals surface area contributed by atoms with Gasteiger partial charge in [-0.3, -0.25) is 0 Å². The van der Waals surface area contributed by atoms with Gasteiger partial charge in [0.15, 0.2) is 0 Å². The number of aryl methyl sites for hydroxylation is 3. The van der Waals surface area contributed by atoms with E-state index in [2.05, 4.69) is 58.1 Å². The van der Waals surface area contributed by atoms with Crippen LogP contribution in [0.4, 0.5) is 0 Å². The average molecular weight is 326 g/mol. The third-order valence-electron chi connectivity index (χ3n) is 3.22. The fourth-order valence-electron chi connectivity index (χ4n) is 2.54. The van der Waals surface area contributed by atoms with E-state index in [1.807, 2.05) is 6.92 Å². The Balaban J connectivity index is 0.000000309. The van der Waals surface area contributed by atoms with E-state index < -0.39 is 10.2 Å². The number of imidazole rings is 1. The highest BCUT2D eigenvalue weighted by Crippen LogP contribution is 2.16. The molecule has 2 heterocycles. The Morgan fingerprint density at radius 3 is 2.32 bits per heavy atom. The van der Waals surface area contributed by atoms with Gasteiger partial charge in [-0.2, -0.15) is 4.40 Å². The molecule has 0 unspecified atom stereocenters. The summed E-state index contributed by atoms with van der Waals surface area (Å²) in [4.78, 5) is 4.67. The van der Waals surface area contributed by atoms with Crippen LogP contribution in [-0.2, 0) is 6.54 Å². The Labute approximate surface area is 129 Å². The fourth-order valence-corrected chi connectivity index (χ4v) is 2.54. The van der Waals surface area contributed by atoms with Crippen LogP contribution in [0.1, 0.15) is 18.3 Å². The number of halogens is 1. The van der Waals surface area contributed by atoms with E-state index in [0.717, 1.165) is 18.0 Å². The first-order chi connectivity index (χ1) is 10.2. The minimum atomic E-state index is -4.94. The van der Waals surface area contributed by atoms with Gasteiger partial charge in [0, 0.05) is 6.07 Å². The summed E-state index contributed by atoms with van der Waals surface area (Å²) in [7, 11) is -4.94. The monoisotopic (exact) mass is 325 g/mol. The summed E-state index contributed by atoms with van der Waals surface area (Å²) in [5.74, 6) is 1.03. The maximum atomic E-state index is 8.49. The minimum absolute atomic E-state index is 0.937. The van der Waals surface area contributed by atoms with Gasteiger partial charge in [-0.15, -0.1) is 10.2 Å². The molecule has 0 spiro atoms. The van der Waals surface area contributed by atoms with Crippen molar-refractivity contribution in [1.82, 2.24) is 9.38 Å². The zero-order valence-electron chi connectivity index (χ0n) is 12.4. The van der Waals surface area contributed by atoms with Crippen LogP contribution in [0.15, 0.2) is 30.3 Å². The molecule has 3 rings (SSSR count). The molecule has 118 valence electrons. The maximum Gasteiger partial charge on any atom is 0.404 e. The number of benzene rings is 1. The van der Waals surface area contributed by atoms with Crippen LogP contribution < -0.4 is 23.2 Å². The Bertz CT molecular complexity index is 805. The molecule has 0 bridgehead atoms. The van der Waals surface area contributed by atoms with Crippen LogP contribution in [0.3, 0.4) is 0 Å². The van der Waals surface area contributed by atoms with Crippen LogP contribution in [0.2, 0.25) is 0 Å². The molecule has 0 aliphatic carbocycles. The van der Waals surface area contributed by atoms with E-state index in [1.54, 1.807) is 0 Å². The van der Waals surface area contributed by atoms with Gasteiger partial charge in [-0.25, -0.2) is 23.2 Å². The van der Waals surface area contributed by atoms with Gasteiger partial charge in [-0.05, 0) is 32.9 Å². The number of hydrogen-bond donors (Lipinski definition) is 0. The lowest BCUT2D eigenvalue weighted by atomic mass is 10.3. The smallest absolute Gasteiger partial charge is 0.225 e. The van der Waals surface area contributed by atoms with Crippen molar-refractivity contribution in [3.8, 4) is 0 Å². The third-order valence-corrected chi connectivity index (χ3v) is 3.22. The SMILES string of the molecule is CC[n+]1c2ccccc2n2c(C)cc(C)nc21.[O-][Cl+3]([O-])([O-])[O-]. The van der Waals surface area contributed by atoms with E-state index >= 15 is 0 Å². The number of para-hydroxylation sites is 2. The molecular formula is C14H16ClN3O4. The second-order valence-electron chi connectivity index (χ2n) is 4.79. The maximum absolute atomic E-state index is 8.49. The zero-order chi connectivity index (χ0) is 16.5. The molecule has 0 amide bonds. The van der Waals surface area contributed by atoms with Crippen LogP contribution in [0.25, 0.3) is 16.8 Å². The number of hydrogen-bond acceptors (Lipinski definition) is 5. The highest BCUT2D eigenvalue weighted by atomic mass is 35.7. The predicted octanol–water partition coefficient (Wildman–Crippen LogP) is -2.34. The van der Waals surface area contributed by atoms with Gasteiger partial charge in [0.25, 0.3) is 0 Å². The lowest BCUT2D eigenvalue weighted by Gasteiger charge is -2.17. The molecule has 3 aromatic rings. The second-order valence-corrected chi connectivity index (χ2v) is 5.54. The van der Waals surface area contributed by atoms with Gasteiger partial charge in [0.2, 0.25) is 0 Å². The Kier molecular flexibility index (Phi) is 4.64. The van der Waals surface area contributed by atoms with Crippen molar-refractivity contribution in [3.63, 3.8) is 0 Å². The van der Waals surface area contributed by atoms with Gasteiger partial charge < -0.3 is 0 Å². The van der Waals surface area contributed by atoms with Crippen molar-refractivity contribution in [2.75, 3.05) is 0 Å². The summed E-state index contributed by atoms with van der Waals surface area (Å²) in [5, 5.41) is 0. The molecule has 0 N–H and O–H groups in total. The van der Waals surface area contributed by atoms with E-state index in [1.165, 1.54) is 16.7 Å². The van der Waals surface area contributed by atoms with Crippen molar-refractivity contribution in [2.24, 2.45) is 0 Å². The highest BCUT2D eigenvalue weighted by Gasteiger charge is 2.19. The molecule has 7 nitrogen and oxygen atoms in total. The second kappa shape index (κ2) is 6.15. The fraction of sp³-hybridized carbons (Fsp3) is 0.286. The van der Waals surface area contributed by atoms with Crippen molar-refractivity contribution in [1.29, 1.82) is 0 Å². The normalized spacial score (nSPS) is 11.6. The Hall–Kier alpha value is -1.77. The van der Waals surface area contributed by atoms with Crippen molar-refractivity contribution >= 4 is 16.8 Å². The number of nitrogens with zero attached hydrogens (tertiary/aromatic N) is 3. The largest absolute Gasteiger partial charge is 0.404 e. The van der Waals surface area contributed by atoms with Crippen molar-refractivity contribution in [3.05, 3.63) is 41.7 Å². The summed E-state index contributed by atoms with van der Waals surface area (Å²) in [6.45, 7) is 7.28. The van der Waals surface area contributed by atoms with Crippen molar-refractivity contribution in [2.45, 2.75) is 27.3 Å². The summed E-state index contributed by atoms with van der Waals surface area (Å²) in [6.07, 6.45) is 0. The molecular weight excluding hydrogens is 310 g/mol. The first-order valence-electron chi connectivity index (χ1n) is 6.61. The molecule has 0 aliphatic rings. The molecule has 0 saturated carbocycles. The Morgan fingerprint density at radius 1 is 1.14 bits per heavy atom. The molecule has 22 heavy (non-hydrogen) atoms. The van der Waals surface area contributed by atoms with Crippen LogP contribution in [0.5, 0.6) is 0 Å². The third kappa shape index (κ3) is 3.52. The van der Waals surface area contributed by atoms with Crippen LogP contribution in [-0.4, -0.2) is 9.38 Å². The first-order valence-corrected chi connectivity index (χ1v) is 7.84. The summed E-state index contributed by atoms with van der Waals surface area (Å²) >= 11 is 0. The minimum Gasteiger partial charge on any atom is -0.225 e. The highest BCUT2D eigenvalue weighted by molar-refractivity contribution is 5.75. The van der Waals surface area contributed by atoms with E-state index in [0.29, 0.717) is 0 Å². The molecule has 2 aromatic heterocycles. The summed E-state index contributed by atoms with van der Waals surface area (Å²) in [5.41, 5.74) is 4.78. The first kappa shape index (κ1) is 16.6. The number of aromatic nitrogens is 3. The molecule has 0 radical (unpaired) electrons. The molecule has 0 atom stereocenters. The zero-order valence-corrected chi connectivity index (χ0v) is 13.2. The van der Waals surface area contributed by atoms with E-state index in [4.69, 9.17) is 18.6 Å². The average Bonchev–Trinajstić information content (AvgIpc) is 2.69. The standard InChI is InChI=1S/C14H16N3.ClHO4/c1-4-16-12-7-5-6-8-13(12)17-11(3)9-10(2)15-14(16)17;2-1(3,4)5/h5-9H,4H2,1-3H3;(H,2,3,4,5)/q+1;/p-1. The predicted molar refractivity (Wildman–Crippen MR) is 68.0 cm³/mol. The topological polar surface area (TPSA) is 113 Å². The van der Waals surface area contributed by atoms with Gasteiger partial charge in [0.05, 0.1) is 12.2 Å². The van der Waals surface area contributed by atoms with Crippen molar-refractivity contribution < 1.29 is 33.4 Å². The van der Waals surface area contributed by atoms with Gasteiger partial charge >= 0.3 is 5.78 Å². The van der Waals surface area contributed by atoms with E-state index in [-0.39, 0.29) is 0 Å². The molecule has 0 saturated heterocycles. The quantitative estimate of drug-likeness (QED) is 0.465. The number of fused-ring (bicyclic) bond motifs is 3. The van der Waals surface area contributed by atoms with Crippen LogP contribution in [0, 0.1) is 24.1 Å². The molecule has 0 fully saturated rings. The molecule has 8 heteroatoms. The summed E-state index contributed by atoms with van der Waals surface area (Å²) in [6, 6.07) is 10.6. The lowest BCUT2D eigenvalue weighted by molar-refractivity contribution is -2.00. The van der Waals surface area contributed by atoms with E-state index in [9.17, 15) is 0 Å². The summed E-state index contributed by atoms with van der Waals surface area (Å²) < 4.78 is 38.5. The van der Waals surface area contributed by atoms with Gasteiger partial charge in [0.1, 0.15) is 16.7 Å². The van der Waals surface area contributed by atoms with Crippen LogP contribution >= 0.6 is 0 Å².